The zero-order valence-corrected chi connectivity index (χ0v) is 12.1. The van der Waals surface area contributed by atoms with Crippen molar-refractivity contribution in [2.24, 2.45) is 16.7 Å². The van der Waals surface area contributed by atoms with Gasteiger partial charge >= 0.3 is 0 Å². The van der Waals surface area contributed by atoms with Crippen molar-refractivity contribution in [3.63, 3.8) is 0 Å². The molecule has 1 aromatic heterocycles. The monoisotopic (exact) mass is 264 g/mol. The lowest BCUT2D eigenvalue weighted by Gasteiger charge is -2.38. The summed E-state index contributed by atoms with van der Waals surface area (Å²) in [7, 11) is 0. The van der Waals surface area contributed by atoms with Crippen molar-refractivity contribution in [2.75, 3.05) is 0 Å². The third kappa shape index (κ3) is 1.86. The molecule has 1 aromatic rings. The number of fused-ring (bicyclic) bond motifs is 2. The Morgan fingerprint density at radius 1 is 1.32 bits per heavy atom. The fourth-order valence-electron chi connectivity index (χ4n) is 4.15. The van der Waals surface area contributed by atoms with Gasteiger partial charge < -0.3 is 14.3 Å². The van der Waals surface area contributed by atoms with Gasteiger partial charge in [0.05, 0.1) is 6.10 Å². The Morgan fingerprint density at radius 3 is 2.58 bits per heavy atom. The molecule has 3 nitrogen and oxygen atoms in total. The zero-order valence-electron chi connectivity index (χ0n) is 12.1. The molecule has 3 atom stereocenters. The van der Waals surface area contributed by atoms with Gasteiger partial charge in [0.25, 0.3) is 0 Å². The number of aliphatic hydroxyl groups excluding tert-OH is 1. The molecule has 0 radical (unpaired) electrons. The molecule has 2 bridgehead atoms. The Balaban J connectivity index is 1.66. The second kappa shape index (κ2) is 4.35. The molecule has 0 aliphatic heterocycles. The van der Waals surface area contributed by atoms with E-state index in [2.05, 4.69) is 20.8 Å². The molecule has 2 aliphatic rings. The van der Waals surface area contributed by atoms with Crippen LogP contribution in [0.1, 0.15) is 51.6 Å². The number of rotatable bonds is 4. The van der Waals surface area contributed by atoms with Crippen LogP contribution in [0.2, 0.25) is 0 Å². The molecule has 2 aliphatic carbocycles. The molecule has 2 saturated carbocycles. The quantitative estimate of drug-likeness (QED) is 0.905. The van der Waals surface area contributed by atoms with Gasteiger partial charge in [-0.15, -0.1) is 0 Å². The van der Waals surface area contributed by atoms with Crippen LogP contribution >= 0.6 is 0 Å². The first-order valence-electron chi connectivity index (χ1n) is 7.27. The molecule has 2 fully saturated rings. The molecule has 1 N–H and O–H groups in total. The normalized spacial score (nSPS) is 36.0. The molecule has 19 heavy (non-hydrogen) atoms. The van der Waals surface area contributed by atoms with Crippen LogP contribution < -0.4 is 0 Å². The van der Waals surface area contributed by atoms with Gasteiger partial charge in [-0.2, -0.15) is 0 Å². The fraction of sp³-hybridized carbons (Fsp3) is 0.750. The maximum absolute atomic E-state index is 8.99. The van der Waals surface area contributed by atoms with Crippen LogP contribution in [0.5, 0.6) is 0 Å². The van der Waals surface area contributed by atoms with E-state index in [-0.39, 0.29) is 6.61 Å². The highest BCUT2D eigenvalue weighted by molar-refractivity contribution is 5.11. The Hall–Kier alpha value is -0.800. The lowest BCUT2D eigenvalue weighted by molar-refractivity contribution is -0.0600. The Kier molecular flexibility index (Phi) is 3.02. The Morgan fingerprint density at radius 2 is 2.05 bits per heavy atom. The first-order chi connectivity index (χ1) is 8.97. The largest absolute Gasteiger partial charge is 0.461 e. The number of aliphatic hydroxyl groups is 1. The highest BCUT2D eigenvalue weighted by atomic mass is 16.5. The Labute approximate surface area is 115 Å². The third-order valence-corrected chi connectivity index (χ3v) is 6.01. The van der Waals surface area contributed by atoms with Crippen molar-refractivity contribution in [3.8, 4) is 0 Å². The van der Waals surface area contributed by atoms with Crippen molar-refractivity contribution in [1.82, 2.24) is 0 Å². The van der Waals surface area contributed by atoms with E-state index in [1.165, 1.54) is 19.3 Å². The predicted octanol–water partition coefficient (Wildman–Crippen LogP) is 3.50. The molecule has 0 amide bonds. The molecule has 0 spiro atoms. The van der Waals surface area contributed by atoms with Gasteiger partial charge in [0.1, 0.15) is 24.7 Å². The second-order valence-electron chi connectivity index (χ2n) is 6.94. The van der Waals surface area contributed by atoms with Gasteiger partial charge in [-0.25, -0.2) is 0 Å². The van der Waals surface area contributed by atoms with E-state index < -0.39 is 0 Å². The van der Waals surface area contributed by atoms with Crippen LogP contribution in [-0.2, 0) is 18.0 Å². The highest BCUT2D eigenvalue weighted by Gasteiger charge is 2.61. The van der Waals surface area contributed by atoms with Crippen LogP contribution in [0.3, 0.4) is 0 Å². The zero-order chi connectivity index (χ0) is 13.7. The van der Waals surface area contributed by atoms with E-state index >= 15 is 0 Å². The third-order valence-electron chi connectivity index (χ3n) is 6.01. The van der Waals surface area contributed by atoms with Gasteiger partial charge in [-0.1, -0.05) is 20.8 Å². The smallest absolute Gasteiger partial charge is 0.130 e. The average Bonchev–Trinajstić information content (AvgIpc) is 2.97. The minimum atomic E-state index is -0.0454. The van der Waals surface area contributed by atoms with E-state index in [1.807, 2.05) is 12.1 Å². The molecule has 0 aromatic carbocycles. The maximum atomic E-state index is 8.99. The minimum absolute atomic E-state index is 0.0454. The van der Waals surface area contributed by atoms with E-state index in [9.17, 15) is 0 Å². The SMILES string of the molecule is CC1(C)C2CCC1(C)C(OCc1ccc(CO)o1)C2. The van der Waals surface area contributed by atoms with E-state index in [0.29, 0.717) is 29.3 Å². The average molecular weight is 264 g/mol. The van der Waals surface area contributed by atoms with E-state index in [4.69, 9.17) is 14.3 Å². The van der Waals surface area contributed by atoms with Gasteiger partial charge in [-0.05, 0) is 48.1 Å². The summed E-state index contributed by atoms with van der Waals surface area (Å²) in [5, 5.41) is 8.99. The number of furan rings is 1. The highest BCUT2D eigenvalue weighted by Crippen LogP contribution is 2.66. The Bertz CT molecular complexity index is 462. The van der Waals surface area contributed by atoms with Crippen molar-refractivity contribution < 1.29 is 14.3 Å². The maximum Gasteiger partial charge on any atom is 0.130 e. The predicted molar refractivity (Wildman–Crippen MR) is 72.4 cm³/mol. The summed E-state index contributed by atoms with van der Waals surface area (Å²) in [6.07, 6.45) is 4.13. The summed E-state index contributed by atoms with van der Waals surface area (Å²) >= 11 is 0. The molecule has 3 rings (SSSR count). The van der Waals surface area contributed by atoms with Crippen molar-refractivity contribution in [1.29, 1.82) is 0 Å². The molecule has 0 saturated heterocycles. The summed E-state index contributed by atoms with van der Waals surface area (Å²) < 4.78 is 11.6. The number of hydrogen-bond donors (Lipinski definition) is 1. The van der Waals surface area contributed by atoms with Crippen LogP contribution in [0.4, 0.5) is 0 Å². The molecular formula is C16H24O3. The number of hydrogen-bond acceptors (Lipinski definition) is 3. The van der Waals surface area contributed by atoms with Crippen molar-refractivity contribution in [3.05, 3.63) is 23.7 Å². The van der Waals surface area contributed by atoms with Gasteiger partial charge in [0.2, 0.25) is 0 Å². The van der Waals surface area contributed by atoms with Gasteiger partial charge in [-0.3, -0.25) is 0 Å². The van der Waals surface area contributed by atoms with Crippen molar-refractivity contribution >= 4 is 0 Å². The lowest BCUT2D eigenvalue weighted by Crippen LogP contribution is -2.37. The molecule has 106 valence electrons. The van der Waals surface area contributed by atoms with Gasteiger partial charge in [0.15, 0.2) is 0 Å². The van der Waals surface area contributed by atoms with Crippen LogP contribution in [0.15, 0.2) is 16.5 Å². The first-order valence-corrected chi connectivity index (χ1v) is 7.27. The molecule has 3 unspecified atom stereocenters. The molecule has 1 heterocycles. The fourth-order valence-corrected chi connectivity index (χ4v) is 4.15. The lowest BCUT2D eigenvalue weighted by atomic mass is 9.70. The molecular weight excluding hydrogens is 240 g/mol. The van der Waals surface area contributed by atoms with Crippen molar-refractivity contribution in [2.45, 2.75) is 59.4 Å². The topological polar surface area (TPSA) is 42.6 Å². The van der Waals surface area contributed by atoms with E-state index in [0.717, 1.165) is 11.7 Å². The second-order valence-corrected chi connectivity index (χ2v) is 6.94. The van der Waals surface area contributed by atoms with Gasteiger partial charge in [0, 0.05) is 0 Å². The first kappa shape index (κ1) is 13.2. The minimum Gasteiger partial charge on any atom is -0.461 e. The summed E-state index contributed by atoms with van der Waals surface area (Å²) in [5.74, 6) is 2.22. The standard InChI is InChI=1S/C16H24O3/c1-15(2)11-6-7-16(15,3)14(8-11)18-10-13-5-4-12(9-17)19-13/h4-5,11,14,17H,6-10H2,1-3H3. The summed E-state index contributed by atoms with van der Waals surface area (Å²) in [6, 6.07) is 3.71. The number of ether oxygens (including phenoxy) is 1. The summed E-state index contributed by atoms with van der Waals surface area (Å²) in [6.45, 7) is 7.64. The molecule has 3 heteroatoms. The summed E-state index contributed by atoms with van der Waals surface area (Å²) in [4.78, 5) is 0. The van der Waals surface area contributed by atoms with Crippen LogP contribution in [0, 0.1) is 16.7 Å². The van der Waals surface area contributed by atoms with Crippen LogP contribution in [0.25, 0.3) is 0 Å². The summed E-state index contributed by atoms with van der Waals surface area (Å²) in [5.41, 5.74) is 0.682. The van der Waals surface area contributed by atoms with Crippen LogP contribution in [-0.4, -0.2) is 11.2 Å². The van der Waals surface area contributed by atoms with E-state index in [1.54, 1.807) is 0 Å².